The maximum absolute atomic E-state index is 12.5. The number of anilines is 2. The molecule has 0 aliphatic carbocycles. The molecule has 5 nitrogen and oxygen atoms in total. The van der Waals surface area contributed by atoms with Crippen LogP contribution in [0.15, 0.2) is 60.9 Å². The number of hydrogen-bond acceptors (Lipinski definition) is 4. The highest BCUT2D eigenvalue weighted by molar-refractivity contribution is 5.91. The maximum Gasteiger partial charge on any atom is 0.274 e. The van der Waals surface area contributed by atoms with Crippen LogP contribution in [0.1, 0.15) is 27.2 Å². The van der Waals surface area contributed by atoms with Crippen molar-refractivity contribution >= 4 is 17.4 Å². The molecule has 26 heavy (non-hydrogen) atoms. The third kappa shape index (κ3) is 4.25. The van der Waals surface area contributed by atoms with Crippen molar-refractivity contribution in [1.29, 1.82) is 0 Å². The van der Waals surface area contributed by atoms with Gasteiger partial charge in [0.05, 0.1) is 12.4 Å². The van der Waals surface area contributed by atoms with Gasteiger partial charge in [-0.15, -0.1) is 0 Å². The number of nitrogens with zero attached hydrogens (tertiary/aromatic N) is 3. The van der Waals surface area contributed by atoms with E-state index in [-0.39, 0.29) is 5.91 Å². The van der Waals surface area contributed by atoms with Crippen LogP contribution >= 0.6 is 0 Å². The molecule has 1 N–H and O–H groups in total. The molecule has 0 radical (unpaired) electrons. The molecular formula is C21H22N4O. The highest BCUT2D eigenvalue weighted by atomic mass is 16.2. The van der Waals surface area contributed by atoms with Gasteiger partial charge in [0.25, 0.3) is 5.91 Å². The number of carbonyl (C=O) groups is 1. The van der Waals surface area contributed by atoms with Gasteiger partial charge in [-0.2, -0.15) is 0 Å². The van der Waals surface area contributed by atoms with Gasteiger partial charge in [0.2, 0.25) is 0 Å². The van der Waals surface area contributed by atoms with Crippen molar-refractivity contribution in [3.05, 3.63) is 83.3 Å². The summed E-state index contributed by atoms with van der Waals surface area (Å²) in [6.07, 6.45) is 3.10. The number of aromatic nitrogens is 2. The first-order chi connectivity index (χ1) is 12.5. The molecule has 1 heterocycles. The van der Waals surface area contributed by atoms with Gasteiger partial charge in [-0.25, -0.2) is 9.97 Å². The number of benzene rings is 2. The number of aryl methyl sites for hydroxylation is 2. The summed E-state index contributed by atoms with van der Waals surface area (Å²) in [6, 6.07) is 16.0. The smallest absolute Gasteiger partial charge is 0.274 e. The third-order valence-corrected chi connectivity index (χ3v) is 4.14. The van der Waals surface area contributed by atoms with Gasteiger partial charge in [0.15, 0.2) is 0 Å². The average Bonchev–Trinajstić information content (AvgIpc) is 2.65. The lowest BCUT2D eigenvalue weighted by Gasteiger charge is -2.17. The minimum absolute atomic E-state index is 0.153. The summed E-state index contributed by atoms with van der Waals surface area (Å²) in [7, 11) is 1.76. The zero-order valence-corrected chi connectivity index (χ0v) is 15.2. The van der Waals surface area contributed by atoms with Gasteiger partial charge < -0.3 is 10.2 Å². The van der Waals surface area contributed by atoms with E-state index in [1.807, 2.05) is 44.2 Å². The largest absolute Gasteiger partial charge is 0.339 e. The first kappa shape index (κ1) is 17.6. The maximum atomic E-state index is 12.5. The molecule has 0 bridgehead atoms. The van der Waals surface area contributed by atoms with Gasteiger partial charge in [0, 0.05) is 19.3 Å². The Kier molecular flexibility index (Phi) is 5.27. The molecule has 0 unspecified atom stereocenters. The van der Waals surface area contributed by atoms with E-state index >= 15 is 0 Å². The second-order valence-electron chi connectivity index (χ2n) is 6.38. The molecule has 132 valence electrons. The Bertz CT molecular complexity index is 892. The van der Waals surface area contributed by atoms with Crippen LogP contribution in [-0.4, -0.2) is 27.8 Å². The fourth-order valence-electron chi connectivity index (χ4n) is 2.64. The van der Waals surface area contributed by atoms with Crippen molar-refractivity contribution in [2.45, 2.75) is 20.4 Å². The highest BCUT2D eigenvalue weighted by Crippen LogP contribution is 2.20. The molecule has 0 aliphatic heterocycles. The number of nitrogens with one attached hydrogen (secondary N) is 1. The van der Waals surface area contributed by atoms with E-state index in [1.165, 1.54) is 11.8 Å². The second-order valence-corrected chi connectivity index (χ2v) is 6.38. The predicted octanol–water partition coefficient (Wildman–Crippen LogP) is 4.11. The Hall–Kier alpha value is -3.21. The van der Waals surface area contributed by atoms with Gasteiger partial charge in [-0.1, -0.05) is 42.5 Å². The molecular weight excluding hydrogens is 324 g/mol. The van der Waals surface area contributed by atoms with Crippen LogP contribution in [-0.2, 0) is 6.54 Å². The number of carbonyl (C=O) groups excluding carboxylic acids is 1. The van der Waals surface area contributed by atoms with Crippen molar-refractivity contribution in [1.82, 2.24) is 14.9 Å². The normalized spacial score (nSPS) is 10.4. The first-order valence-corrected chi connectivity index (χ1v) is 8.48. The van der Waals surface area contributed by atoms with Gasteiger partial charge in [-0.05, 0) is 36.6 Å². The Labute approximate surface area is 153 Å². The SMILES string of the molecule is Cc1ccc(C)c(Nc2cnc(C(=O)N(C)Cc3ccccc3)cn2)c1. The standard InChI is InChI=1S/C21H22N4O/c1-15-9-10-16(2)18(11-15)24-20-13-22-19(12-23-20)21(26)25(3)14-17-7-5-4-6-8-17/h4-13H,14H2,1-3H3,(H,23,24). The molecule has 1 amide bonds. The predicted molar refractivity (Wildman–Crippen MR) is 103 cm³/mol. The lowest BCUT2D eigenvalue weighted by Crippen LogP contribution is -2.27. The van der Waals surface area contributed by atoms with Gasteiger partial charge in [0.1, 0.15) is 11.5 Å². The summed E-state index contributed by atoms with van der Waals surface area (Å²) >= 11 is 0. The molecule has 0 aliphatic rings. The van der Waals surface area contributed by atoms with Crippen molar-refractivity contribution in [2.24, 2.45) is 0 Å². The van der Waals surface area contributed by atoms with Crippen LogP contribution in [0, 0.1) is 13.8 Å². The molecule has 0 spiro atoms. The van der Waals surface area contributed by atoms with Crippen molar-refractivity contribution in [3.8, 4) is 0 Å². The van der Waals surface area contributed by atoms with E-state index in [0.717, 1.165) is 16.8 Å². The molecule has 5 heteroatoms. The van der Waals surface area contributed by atoms with Crippen LogP contribution in [0.3, 0.4) is 0 Å². The van der Waals surface area contributed by atoms with Gasteiger partial charge >= 0.3 is 0 Å². The Morgan fingerprint density at radius 3 is 2.50 bits per heavy atom. The summed E-state index contributed by atoms with van der Waals surface area (Å²) in [5, 5.41) is 3.25. The van der Waals surface area contributed by atoms with Crippen molar-refractivity contribution in [2.75, 3.05) is 12.4 Å². The van der Waals surface area contributed by atoms with E-state index in [1.54, 1.807) is 18.1 Å². The minimum atomic E-state index is -0.153. The summed E-state index contributed by atoms with van der Waals surface area (Å²) in [6.45, 7) is 4.61. The Balaban J connectivity index is 1.68. The lowest BCUT2D eigenvalue weighted by molar-refractivity contribution is 0.0779. The Morgan fingerprint density at radius 2 is 1.81 bits per heavy atom. The zero-order valence-electron chi connectivity index (χ0n) is 15.2. The zero-order chi connectivity index (χ0) is 18.5. The van der Waals surface area contributed by atoms with Crippen molar-refractivity contribution < 1.29 is 4.79 Å². The molecule has 3 rings (SSSR count). The van der Waals surface area contributed by atoms with Crippen LogP contribution in [0.2, 0.25) is 0 Å². The van der Waals surface area contributed by atoms with Crippen LogP contribution in [0.5, 0.6) is 0 Å². The lowest BCUT2D eigenvalue weighted by atomic mass is 10.1. The van der Waals surface area contributed by atoms with Gasteiger partial charge in [-0.3, -0.25) is 4.79 Å². The molecule has 0 saturated carbocycles. The number of hydrogen-bond donors (Lipinski definition) is 1. The quantitative estimate of drug-likeness (QED) is 0.755. The third-order valence-electron chi connectivity index (χ3n) is 4.14. The van der Waals surface area contributed by atoms with E-state index < -0.39 is 0 Å². The molecule has 0 atom stereocenters. The molecule has 0 fully saturated rings. The Morgan fingerprint density at radius 1 is 1.04 bits per heavy atom. The molecule has 2 aromatic carbocycles. The molecule has 1 aromatic heterocycles. The summed E-state index contributed by atoms with van der Waals surface area (Å²) in [4.78, 5) is 22.8. The van der Waals surface area contributed by atoms with Crippen molar-refractivity contribution in [3.63, 3.8) is 0 Å². The van der Waals surface area contributed by atoms with E-state index in [4.69, 9.17) is 0 Å². The number of rotatable bonds is 5. The van der Waals surface area contributed by atoms with E-state index in [0.29, 0.717) is 18.1 Å². The summed E-state index contributed by atoms with van der Waals surface area (Å²) < 4.78 is 0. The first-order valence-electron chi connectivity index (χ1n) is 8.48. The minimum Gasteiger partial charge on any atom is -0.339 e. The van der Waals surface area contributed by atoms with Crippen LogP contribution in [0.25, 0.3) is 0 Å². The number of amides is 1. The molecule has 0 saturated heterocycles. The topological polar surface area (TPSA) is 58.1 Å². The van der Waals surface area contributed by atoms with E-state index in [2.05, 4.69) is 33.5 Å². The fourth-order valence-corrected chi connectivity index (χ4v) is 2.64. The van der Waals surface area contributed by atoms with Crippen LogP contribution < -0.4 is 5.32 Å². The monoisotopic (exact) mass is 346 g/mol. The second kappa shape index (κ2) is 7.78. The summed E-state index contributed by atoms with van der Waals surface area (Å²) in [5.74, 6) is 0.459. The van der Waals surface area contributed by atoms with Crippen LogP contribution in [0.4, 0.5) is 11.5 Å². The molecule has 3 aromatic rings. The van der Waals surface area contributed by atoms with E-state index in [9.17, 15) is 4.79 Å². The summed E-state index contributed by atoms with van der Waals surface area (Å²) in [5.41, 5.74) is 4.68. The highest BCUT2D eigenvalue weighted by Gasteiger charge is 2.14. The average molecular weight is 346 g/mol. The fraction of sp³-hybridized carbons (Fsp3) is 0.190.